The summed E-state index contributed by atoms with van der Waals surface area (Å²) in [5.74, 6) is 2.04. The lowest BCUT2D eigenvalue weighted by Gasteiger charge is -2.20. The highest BCUT2D eigenvalue weighted by molar-refractivity contribution is 7.99. The van der Waals surface area contributed by atoms with Gasteiger partial charge in [-0.2, -0.15) is 0 Å². The van der Waals surface area contributed by atoms with Crippen LogP contribution in [0.25, 0.3) is 0 Å². The Morgan fingerprint density at radius 2 is 2.04 bits per heavy atom. The van der Waals surface area contributed by atoms with Crippen LogP contribution >= 0.6 is 23.1 Å². The predicted molar refractivity (Wildman–Crippen MR) is 105 cm³/mol. The van der Waals surface area contributed by atoms with Gasteiger partial charge in [0.25, 0.3) is 0 Å². The fourth-order valence-corrected chi connectivity index (χ4v) is 4.66. The van der Waals surface area contributed by atoms with Crippen molar-refractivity contribution in [1.82, 2.24) is 25.0 Å². The number of aromatic nitrogens is 5. The van der Waals surface area contributed by atoms with Crippen LogP contribution in [0.5, 0.6) is 0 Å². The second-order valence-electron chi connectivity index (χ2n) is 6.69. The summed E-state index contributed by atoms with van der Waals surface area (Å²) in [6.07, 6.45) is 9.81. The molecule has 7 nitrogen and oxygen atoms in total. The van der Waals surface area contributed by atoms with Crippen molar-refractivity contribution in [2.24, 2.45) is 13.0 Å². The van der Waals surface area contributed by atoms with E-state index >= 15 is 0 Å². The average Bonchev–Trinajstić information content (AvgIpc) is 3.25. The Labute approximate surface area is 162 Å². The van der Waals surface area contributed by atoms with Crippen molar-refractivity contribution >= 4 is 34.1 Å². The molecule has 1 amide bonds. The number of hydrogen-bond acceptors (Lipinski definition) is 7. The van der Waals surface area contributed by atoms with Crippen LogP contribution < -0.4 is 5.32 Å². The lowest BCUT2D eigenvalue weighted by Crippen LogP contribution is -2.14. The van der Waals surface area contributed by atoms with Crippen LogP contribution in [0.3, 0.4) is 0 Å². The zero-order valence-corrected chi connectivity index (χ0v) is 17.0. The molecule has 2 aromatic heterocycles. The zero-order chi connectivity index (χ0) is 18.4. The van der Waals surface area contributed by atoms with E-state index in [1.807, 2.05) is 18.5 Å². The van der Waals surface area contributed by atoms with Gasteiger partial charge in [-0.3, -0.25) is 10.1 Å². The summed E-state index contributed by atoms with van der Waals surface area (Å²) in [7, 11) is 1.98. The summed E-state index contributed by atoms with van der Waals surface area (Å²) in [4.78, 5) is 12.1. The van der Waals surface area contributed by atoms with E-state index < -0.39 is 0 Å². The first kappa shape index (κ1) is 19.3. The fourth-order valence-electron chi connectivity index (χ4n) is 3.23. The van der Waals surface area contributed by atoms with E-state index in [9.17, 15) is 4.79 Å². The van der Waals surface area contributed by atoms with E-state index in [0.717, 1.165) is 34.7 Å². The second-order valence-corrected chi connectivity index (χ2v) is 8.70. The molecule has 0 spiro atoms. The molecule has 1 aliphatic rings. The molecule has 0 aliphatic heterocycles. The molecule has 1 aliphatic carbocycles. The quantitative estimate of drug-likeness (QED) is 0.690. The summed E-state index contributed by atoms with van der Waals surface area (Å²) in [6.45, 7) is 2.02. The highest BCUT2D eigenvalue weighted by Crippen LogP contribution is 2.27. The first-order valence-electron chi connectivity index (χ1n) is 9.29. The number of hydrogen-bond donors (Lipinski definition) is 1. The Bertz CT molecular complexity index is 723. The normalized spacial score (nSPS) is 15.3. The van der Waals surface area contributed by atoms with Crippen LogP contribution in [0.1, 0.15) is 56.3 Å². The average molecular weight is 395 g/mol. The third-order valence-corrected chi connectivity index (χ3v) is 6.78. The third kappa shape index (κ3) is 5.26. The minimum Gasteiger partial charge on any atom is -0.309 e. The maximum absolute atomic E-state index is 12.1. The number of carbonyl (C=O) groups is 1. The van der Waals surface area contributed by atoms with E-state index in [2.05, 4.69) is 25.7 Å². The molecule has 1 saturated carbocycles. The first-order valence-corrected chi connectivity index (χ1v) is 11.1. The molecule has 0 saturated heterocycles. The third-order valence-electron chi connectivity index (χ3n) is 4.77. The number of rotatable bonds is 8. The highest BCUT2D eigenvalue weighted by Gasteiger charge is 2.16. The summed E-state index contributed by atoms with van der Waals surface area (Å²) >= 11 is 2.82. The summed E-state index contributed by atoms with van der Waals surface area (Å²) in [5, 5.41) is 21.6. The van der Waals surface area contributed by atoms with Crippen LogP contribution in [-0.4, -0.2) is 36.6 Å². The standard InChI is InChI=1S/C17H26N6OS2/c1-3-15-20-21-16(26-15)18-14(24)11-25-17-22-19-13(23(17)2)10-9-12-7-5-4-6-8-12/h12H,3-11H2,1-2H3,(H,18,21,24). The maximum Gasteiger partial charge on any atom is 0.236 e. The molecule has 0 bridgehead atoms. The van der Waals surface area contributed by atoms with Gasteiger partial charge in [0, 0.05) is 13.5 Å². The Morgan fingerprint density at radius 1 is 1.23 bits per heavy atom. The van der Waals surface area contributed by atoms with Gasteiger partial charge in [0.1, 0.15) is 10.8 Å². The van der Waals surface area contributed by atoms with Crippen molar-refractivity contribution < 1.29 is 4.79 Å². The topological polar surface area (TPSA) is 85.6 Å². The van der Waals surface area contributed by atoms with E-state index in [4.69, 9.17) is 0 Å². The van der Waals surface area contributed by atoms with Gasteiger partial charge < -0.3 is 4.57 Å². The molecule has 1 N–H and O–H groups in total. The van der Waals surface area contributed by atoms with Gasteiger partial charge in [0.05, 0.1) is 5.75 Å². The number of aryl methyl sites for hydroxylation is 2. The molecule has 0 aromatic carbocycles. The van der Waals surface area contributed by atoms with Crippen LogP contribution in [0, 0.1) is 5.92 Å². The van der Waals surface area contributed by atoms with Crippen molar-refractivity contribution in [3.63, 3.8) is 0 Å². The molecule has 0 radical (unpaired) electrons. The molecule has 0 atom stereocenters. The van der Waals surface area contributed by atoms with Gasteiger partial charge >= 0.3 is 0 Å². The number of nitrogens with one attached hydrogen (secondary N) is 1. The minimum absolute atomic E-state index is 0.0967. The first-order chi connectivity index (χ1) is 12.7. The van der Waals surface area contributed by atoms with Gasteiger partial charge in [-0.05, 0) is 18.8 Å². The van der Waals surface area contributed by atoms with Crippen LogP contribution in [-0.2, 0) is 24.7 Å². The molecule has 26 heavy (non-hydrogen) atoms. The molecule has 1 fully saturated rings. The molecule has 3 rings (SSSR count). The summed E-state index contributed by atoms with van der Waals surface area (Å²) in [6, 6.07) is 0. The van der Waals surface area contributed by atoms with Crippen LogP contribution in [0.2, 0.25) is 0 Å². The Hall–Kier alpha value is -1.48. The molecule has 0 unspecified atom stereocenters. The maximum atomic E-state index is 12.1. The molecule has 9 heteroatoms. The lowest BCUT2D eigenvalue weighted by molar-refractivity contribution is -0.113. The monoisotopic (exact) mass is 394 g/mol. The molecular formula is C17H26N6OS2. The van der Waals surface area contributed by atoms with E-state index in [1.165, 1.54) is 61.6 Å². The number of nitrogens with zero attached hydrogens (tertiary/aromatic N) is 5. The minimum atomic E-state index is -0.0967. The Morgan fingerprint density at radius 3 is 2.77 bits per heavy atom. The largest absolute Gasteiger partial charge is 0.309 e. The predicted octanol–water partition coefficient (Wildman–Crippen LogP) is 3.47. The van der Waals surface area contributed by atoms with Gasteiger partial charge in [-0.15, -0.1) is 20.4 Å². The van der Waals surface area contributed by atoms with Crippen molar-refractivity contribution in [3.8, 4) is 0 Å². The smallest absolute Gasteiger partial charge is 0.236 e. The molecule has 2 heterocycles. The Balaban J connectivity index is 1.45. The number of amides is 1. The van der Waals surface area contributed by atoms with Crippen LogP contribution in [0.15, 0.2) is 5.16 Å². The van der Waals surface area contributed by atoms with Gasteiger partial charge in [0.15, 0.2) is 5.16 Å². The van der Waals surface area contributed by atoms with Crippen molar-refractivity contribution in [3.05, 3.63) is 10.8 Å². The van der Waals surface area contributed by atoms with Crippen molar-refractivity contribution in [2.75, 3.05) is 11.1 Å². The van der Waals surface area contributed by atoms with E-state index in [-0.39, 0.29) is 11.7 Å². The number of anilines is 1. The highest BCUT2D eigenvalue weighted by atomic mass is 32.2. The van der Waals surface area contributed by atoms with Gasteiger partial charge in [0.2, 0.25) is 11.0 Å². The van der Waals surface area contributed by atoms with Crippen LogP contribution in [0.4, 0.5) is 5.13 Å². The number of carbonyl (C=O) groups excluding carboxylic acids is 1. The fraction of sp³-hybridized carbons (Fsp3) is 0.706. The summed E-state index contributed by atoms with van der Waals surface area (Å²) in [5.41, 5.74) is 0. The molecule has 2 aromatic rings. The second kappa shape index (κ2) is 9.45. The molecular weight excluding hydrogens is 368 g/mol. The SMILES string of the molecule is CCc1nnc(NC(=O)CSc2nnc(CCC3CCCCC3)n2C)s1. The van der Waals surface area contributed by atoms with Crippen molar-refractivity contribution in [1.29, 1.82) is 0 Å². The van der Waals surface area contributed by atoms with E-state index in [1.54, 1.807) is 0 Å². The van der Waals surface area contributed by atoms with Crippen molar-refractivity contribution in [2.45, 2.75) is 63.4 Å². The Kier molecular flexibility index (Phi) is 7.01. The lowest BCUT2D eigenvalue weighted by atomic mass is 9.86. The zero-order valence-electron chi connectivity index (χ0n) is 15.4. The number of thioether (sulfide) groups is 1. The van der Waals surface area contributed by atoms with E-state index in [0.29, 0.717) is 5.13 Å². The van der Waals surface area contributed by atoms with Gasteiger partial charge in [-0.1, -0.05) is 62.1 Å². The molecule has 142 valence electrons. The van der Waals surface area contributed by atoms with Gasteiger partial charge in [-0.25, -0.2) is 0 Å². The summed E-state index contributed by atoms with van der Waals surface area (Å²) < 4.78 is 2.01.